The molecule has 2 aromatic rings. The molecule has 23 heavy (non-hydrogen) atoms. The fourth-order valence-electron chi connectivity index (χ4n) is 2.45. The second-order valence-corrected chi connectivity index (χ2v) is 6.69. The van der Waals surface area contributed by atoms with Crippen molar-refractivity contribution in [1.29, 1.82) is 0 Å². The number of nitrogens with zero attached hydrogens (tertiary/aromatic N) is 4. The highest BCUT2D eigenvalue weighted by atomic mass is 16.5. The molecule has 1 aromatic heterocycles. The van der Waals surface area contributed by atoms with Crippen LogP contribution in [-0.4, -0.2) is 41.5 Å². The van der Waals surface area contributed by atoms with E-state index in [0.29, 0.717) is 25.0 Å². The summed E-state index contributed by atoms with van der Waals surface area (Å²) in [5.41, 5.74) is 2.45. The van der Waals surface area contributed by atoms with Crippen LogP contribution in [0.1, 0.15) is 26.3 Å². The maximum Gasteiger partial charge on any atom is 0.247 e. The molecule has 6 nitrogen and oxygen atoms in total. The van der Waals surface area contributed by atoms with E-state index in [1.54, 1.807) is 6.20 Å². The van der Waals surface area contributed by atoms with Crippen molar-refractivity contribution in [2.24, 2.45) is 0 Å². The second-order valence-electron chi connectivity index (χ2n) is 6.69. The van der Waals surface area contributed by atoms with Gasteiger partial charge in [0.25, 0.3) is 0 Å². The SMILES string of the molecule is CC(C)(C)c1ccc(Nc2cnnc(N3CCOCC3)n2)cc1. The molecule has 1 aromatic carbocycles. The smallest absolute Gasteiger partial charge is 0.247 e. The quantitative estimate of drug-likeness (QED) is 0.940. The molecular weight excluding hydrogens is 290 g/mol. The number of aromatic nitrogens is 3. The van der Waals surface area contributed by atoms with Gasteiger partial charge in [0.05, 0.1) is 19.4 Å². The van der Waals surface area contributed by atoms with Crippen LogP contribution in [0.5, 0.6) is 0 Å². The Hall–Kier alpha value is -2.21. The first-order valence-corrected chi connectivity index (χ1v) is 7.92. The van der Waals surface area contributed by atoms with E-state index in [1.165, 1.54) is 5.56 Å². The summed E-state index contributed by atoms with van der Waals surface area (Å²) in [5.74, 6) is 1.34. The Morgan fingerprint density at radius 3 is 2.43 bits per heavy atom. The highest BCUT2D eigenvalue weighted by Gasteiger charge is 2.15. The van der Waals surface area contributed by atoms with Crippen LogP contribution in [-0.2, 0) is 10.2 Å². The Bertz CT molecular complexity index is 645. The summed E-state index contributed by atoms with van der Waals surface area (Å²) in [6.45, 7) is 9.62. The molecular formula is C17H23N5O. The lowest BCUT2D eigenvalue weighted by Crippen LogP contribution is -2.37. The van der Waals surface area contributed by atoms with Crippen LogP contribution >= 0.6 is 0 Å². The normalized spacial score (nSPS) is 15.5. The maximum atomic E-state index is 5.35. The van der Waals surface area contributed by atoms with E-state index in [1.807, 2.05) is 0 Å². The number of rotatable bonds is 3. The molecule has 0 unspecified atom stereocenters. The molecule has 6 heteroatoms. The van der Waals surface area contributed by atoms with Crippen LogP contribution in [0.4, 0.5) is 17.5 Å². The number of nitrogens with one attached hydrogen (secondary N) is 1. The lowest BCUT2D eigenvalue weighted by molar-refractivity contribution is 0.122. The van der Waals surface area contributed by atoms with E-state index >= 15 is 0 Å². The molecule has 0 atom stereocenters. The predicted octanol–water partition coefficient (Wildman–Crippen LogP) is 2.75. The van der Waals surface area contributed by atoms with Crippen molar-refractivity contribution in [3.63, 3.8) is 0 Å². The van der Waals surface area contributed by atoms with Gasteiger partial charge in [-0.05, 0) is 23.1 Å². The molecule has 1 aliphatic heterocycles. The van der Waals surface area contributed by atoms with Gasteiger partial charge in [0.1, 0.15) is 0 Å². The molecule has 1 saturated heterocycles. The number of anilines is 3. The first kappa shape index (κ1) is 15.7. The van der Waals surface area contributed by atoms with Crippen LogP contribution in [0.2, 0.25) is 0 Å². The minimum atomic E-state index is 0.151. The molecule has 0 radical (unpaired) electrons. The second kappa shape index (κ2) is 6.50. The number of hydrogen-bond acceptors (Lipinski definition) is 6. The Morgan fingerprint density at radius 1 is 1.09 bits per heavy atom. The van der Waals surface area contributed by atoms with E-state index in [0.717, 1.165) is 18.8 Å². The third kappa shape index (κ3) is 3.96. The van der Waals surface area contributed by atoms with Crippen molar-refractivity contribution in [2.45, 2.75) is 26.2 Å². The fraction of sp³-hybridized carbons (Fsp3) is 0.471. The van der Waals surface area contributed by atoms with Gasteiger partial charge in [-0.15, -0.1) is 5.10 Å². The first-order chi connectivity index (χ1) is 11.0. The molecule has 0 saturated carbocycles. The summed E-state index contributed by atoms with van der Waals surface area (Å²) in [4.78, 5) is 6.64. The van der Waals surface area contributed by atoms with Gasteiger partial charge in [0.15, 0.2) is 5.82 Å². The zero-order valence-electron chi connectivity index (χ0n) is 13.9. The van der Waals surface area contributed by atoms with Gasteiger partial charge in [0.2, 0.25) is 5.95 Å². The zero-order chi connectivity index (χ0) is 16.3. The molecule has 0 bridgehead atoms. The van der Waals surface area contributed by atoms with Gasteiger partial charge >= 0.3 is 0 Å². The average Bonchev–Trinajstić information content (AvgIpc) is 2.56. The Labute approximate surface area is 136 Å². The van der Waals surface area contributed by atoms with Crippen LogP contribution in [0.3, 0.4) is 0 Å². The van der Waals surface area contributed by atoms with E-state index in [2.05, 4.69) is 70.4 Å². The van der Waals surface area contributed by atoms with Crippen molar-refractivity contribution in [2.75, 3.05) is 36.5 Å². The van der Waals surface area contributed by atoms with Crippen molar-refractivity contribution in [3.05, 3.63) is 36.0 Å². The topological polar surface area (TPSA) is 63.2 Å². The fourth-order valence-corrected chi connectivity index (χ4v) is 2.45. The standard InChI is InChI=1S/C17H23N5O/c1-17(2,3)13-4-6-14(7-5-13)19-15-12-18-21-16(20-15)22-8-10-23-11-9-22/h4-7,12H,8-11H2,1-3H3,(H,19,20,21). The summed E-state index contributed by atoms with van der Waals surface area (Å²) in [5, 5.41) is 11.5. The third-order valence-electron chi connectivity index (χ3n) is 3.86. The third-order valence-corrected chi connectivity index (χ3v) is 3.86. The van der Waals surface area contributed by atoms with Crippen LogP contribution in [0.15, 0.2) is 30.5 Å². The molecule has 3 rings (SSSR count). The summed E-state index contributed by atoms with van der Waals surface area (Å²) in [6, 6.07) is 8.41. The molecule has 1 fully saturated rings. The first-order valence-electron chi connectivity index (χ1n) is 7.92. The van der Waals surface area contributed by atoms with Crippen molar-refractivity contribution in [1.82, 2.24) is 15.2 Å². The molecule has 1 aliphatic rings. The summed E-state index contributed by atoms with van der Waals surface area (Å²) < 4.78 is 5.35. The van der Waals surface area contributed by atoms with Crippen LogP contribution in [0.25, 0.3) is 0 Å². The van der Waals surface area contributed by atoms with Gasteiger partial charge in [0, 0.05) is 18.8 Å². The van der Waals surface area contributed by atoms with E-state index in [-0.39, 0.29) is 5.41 Å². The molecule has 0 aliphatic carbocycles. The molecule has 1 N–H and O–H groups in total. The number of ether oxygens (including phenoxy) is 1. The lowest BCUT2D eigenvalue weighted by atomic mass is 9.87. The zero-order valence-corrected chi connectivity index (χ0v) is 13.9. The van der Waals surface area contributed by atoms with Gasteiger partial charge in [-0.1, -0.05) is 32.9 Å². The van der Waals surface area contributed by atoms with E-state index in [9.17, 15) is 0 Å². The Balaban J connectivity index is 1.72. The van der Waals surface area contributed by atoms with Gasteiger partial charge < -0.3 is 15.0 Å². The molecule has 2 heterocycles. The predicted molar refractivity (Wildman–Crippen MR) is 91.3 cm³/mol. The van der Waals surface area contributed by atoms with Crippen molar-refractivity contribution >= 4 is 17.5 Å². The number of benzene rings is 1. The van der Waals surface area contributed by atoms with Crippen molar-refractivity contribution in [3.8, 4) is 0 Å². The summed E-state index contributed by atoms with van der Waals surface area (Å²) in [6.07, 6.45) is 1.64. The minimum absolute atomic E-state index is 0.151. The largest absolute Gasteiger partial charge is 0.378 e. The van der Waals surface area contributed by atoms with Crippen molar-refractivity contribution < 1.29 is 4.74 Å². The number of hydrogen-bond donors (Lipinski definition) is 1. The maximum absolute atomic E-state index is 5.35. The average molecular weight is 313 g/mol. The monoisotopic (exact) mass is 313 g/mol. The van der Waals surface area contributed by atoms with E-state index in [4.69, 9.17) is 4.74 Å². The number of morpholine rings is 1. The van der Waals surface area contributed by atoms with Crippen LogP contribution in [0, 0.1) is 0 Å². The van der Waals surface area contributed by atoms with Gasteiger partial charge in [-0.3, -0.25) is 0 Å². The summed E-state index contributed by atoms with van der Waals surface area (Å²) in [7, 11) is 0. The molecule has 0 amide bonds. The minimum Gasteiger partial charge on any atom is -0.378 e. The highest BCUT2D eigenvalue weighted by molar-refractivity contribution is 5.57. The van der Waals surface area contributed by atoms with Crippen LogP contribution < -0.4 is 10.2 Å². The molecule has 122 valence electrons. The van der Waals surface area contributed by atoms with Gasteiger partial charge in [-0.25, -0.2) is 0 Å². The van der Waals surface area contributed by atoms with E-state index < -0.39 is 0 Å². The Kier molecular flexibility index (Phi) is 4.43. The molecule has 0 spiro atoms. The Morgan fingerprint density at radius 2 is 1.78 bits per heavy atom. The van der Waals surface area contributed by atoms with Gasteiger partial charge in [-0.2, -0.15) is 10.1 Å². The summed E-state index contributed by atoms with van der Waals surface area (Å²) >= 11 is 0. The lowest BCUT2D eigenvalue weighted by Gasteiger charge is -2.26. The highest BCUT2D eigenvalue weighted by Crippen LogP contribution is 2.24.